The number of nitrogens with zero attached hydrogens (tertiary/aromatic N) is 3. The molecule has 0 unspecified atom stereocenters. The number of halogens is 1. The fourth-order valence-corrected chi connectivity index (χ4v) is 6.82. The molecule has 0 saturated carbocycles. The Morgan fingerprint density at radius 3 is 2.68 bits per heavy atom. The maximum Gasteiger partial charge on any atom is 0.301 e. The largest absolute Gasteiger partial charge is 0.507 e. The van der Waals surface area contributed by atoms with Gasteiger partial charge in [-0.1, -0.05) is 53.4 Å². The van der Waals surface area contributed by atoms with Gasteiger partial charge in [-0.05, 0) is 60.0 Å². The summed E-state index contributed by atoms with van der Waals surface area (Å²) in [6.45, 7) is 1.96. The van der Waals surface area contributed by atoms with Crippen molar-refractivity contribution in [3.8, 4) is 11.5 Å². The van der Waals surface area contributed by atoms with E-state index in [1.165, 1.54) is 22.7 Å². The molecular weight excluding hydrogens is 565 g/mol. The number of methoxy groups -OCH3 is 1. The van der Waals surface area contributed by atoms with E-state index >= 15 is 0 Å². The quantitative estimate of drug-likeness (QED) is 0.0931. The summed E-state index contributed by atoms with van der Waals surface area (Å²) in [6.07, 6.45) is 0.681. The highest BCUT2D eigenvalue weighted by molar-refractivity contribution is 8.00. The van der Waals surface area contributed by atoms with Crippen molar-refractivity contribution >= 4 is 45.7 Å². The van der Waals surface area contributed by atoms with Crippen molar-refractivity contribution in [2.45, 2.75) is 35.6 Å². The monoisotopic (exact) mass is 589 g/mol. The summed E-state index contributed by atoms with van der Waals surface area (Å²) in [7, 11) is 1.54. The molecule has 8 nitrogen and oxygen atoms in total. The molecule has 41 heavy (non-hydrogen) atoms. The highest BCUT2D eigenvalue weighted by atomic mass is 32.2. The molecule has 0 bridgehead atoms. The minimum absolute atomic E-state index is 0.00938. The number of ether oxygens (including phenoxy) is 2. The Hall–Kier alpha value is -4.22. The van der Waals surface area contributed by atoms with Gasteiger partial charge in [0.1, 0.15) is 29.2 Å². The van der Waals surface area contributed by atoms with Gasteiger partial charge >= 0.3 is 5.91 Å². The Labute approximate surface area is 243 Å². The van der Waals surface area contributed by atoms with Crippen LogP contribution in [-0.2, 0) is 21.8 Å². The van der Waals surface area contributed by atoms with E-state index in [1.54, 1.807) is 67.8 Å². The van der Waals surface area contributed by atoms with Gasteiger partial charge in [0.05, 0.1) is 18.7 Å². The zero-order chi connectivity index (χ0) is 28.7. The lowest BCUT2D eigenvalue weighted by molar-refractivity contribution is -0.132. The molecule has 208 valence electrons. The molecule has 6 rings (SSSR count). The lowest BCUT2D eigenvalue weighted by Gasteiger charge is -2.22. The Morgan fingerprint density at radius 2 is 1.93 bits per heavy atom. The predicted octanol–water partition coefficient (Wildman–Crippen LogP) is 5.93. The van der Waals surface area contributed by atoms with E-state index in [-0.39, 0.29) is 28.4 Å². The van der Waals surface area contributed by atoms with Gasteiger partial charge in [0.15, 0.2) is 4.34 Å². The molecule has 0 aliphatic carbocycles. The highest BCUT2D eigenvalue weighted by Crippen LogP contribution is 2.45. The lowest BCUT2D eigenvalue weighted by atomic mass is 9.94. The van der Waals surface area contributed by atoms with E-state index in [0.717, 1.165) is 22.6 Å². The van der Waals surface area contributed by atoms with Crippen molar-refractivity contribution in [1.82, 2.24) is 10.2 Å². The number of hydrogen-bond donors (Lipinski definition) is 1. The summed E-state index contributed by atoms with van der Waals surface area (Å²) < 4.78 is 25.7. The van der Waals surface area contributed by atoms with E-state index in [2.05, 4.69) is 10.2 Å². The van der Waals surface area contributed by atoms with Crippen molar-refractivity contribution in [3.63, 3.8) is 0 Å². The van der Waals surface area contributed by atoms with Crippen LogP contribution >= 0.6 is 23.1 Å². The number of aliphatic hydroxyl groups excluding tert-OH is 1. The topological polar surface area (TPSA) is 102 Å². The molecule has 1 N–H and O–H groups in total. The van der Waals surface area contributed by atoms with Crippen LogP contribution in [0.4, 0.5) is 9.52 Å². The fraction of sp³-hybridized carbons (Fsp3) is 0.200. The van der Waals surface area contributed by atoms with E-state index in [0.29, 0.717) is 39.0 Å². The van der Waals surface area contributed by atoms with E-state index in [1.807, 2.05) is 6.92 Å². The molecule has 4 aromatic rings. The first-order chi connectivity index (χ1) is 19.8. The predicted molar refractivity (Wildman–Crippen MR) is 154 cm³/mol. The zero-order valence-electron chi connectivity index (χ0n) is 22.0. The molecule has 1 saturated heterocycles. The summed E-state index contributed by atoms with van der Waals surface area (Å²) in [5.74, 6) is -0.605. The van der Waals surface area contributed by atoms with Crippen LogP contribution in [-0.4, -0.2) is 40.2 Å². The van der Waals surface area contributed by atoms with Crippen LogP contribution in [0.3, 0.4) is 0 Å². The summed E-state index contributed by atoms with van der Waals surface area (Å²) in [6, 6.07) is 17.7. The van der Waals surface area contributed by atoms with Crippen molar-refractivity contribution < 1.29 is 28.6 Å². The van der Waals surface area contributed by atoms with Gasteiger partial charge < -0.3 is 14.6 Å². The van der Waals surface area contributed by atoms with Crippen molar-refractivity contribution in [2.75, 3.05) is 12.0 Å². The van der Waals surface area contributed by atoms with E-state index in [9.17, 15) is 19.1 Å². The number of carbonyl (C=O) groups excluding carboxylic acids is 2. The zero-order valence-corrected chi connectivity index (χ0v) is 23.7. The van der Waals surface area contributed by atoms with E-state index < -0.39 is 17.7 Å². The third kappa shape index (κ3) is 5.07. The first-order valence-corrected chi connectivity index (χ1v) is 14.6. The van der Waals surface area contributed by atoms with Crippen molar-refractivity contribution in [2.24, 2.45) is 0 Å². The molecule has 2 atom stereocenters. The number of hydrogen-bond acceptors (Lipinski definition) is 9. The van der Waals surface area contributed by atoms with Crippen LogP contribution < -0.4 is 14.4 Å². The molecule has 0 radical (unpaired) electrons. The van der Waals surface area contributed by atoms with Crippen LogP contribution in [0.15, 0.2) is 76.6 Å². The number of thioether (sulfide) groups is 1. The normalized spacial score (nSPS) is 19.3. The highest BCUT2D eigenvalue weighted by Gasteiger charge is 2.48. The van der Waals surface area contributed by atoms with Gasteiger partial charge in [0.25, 0.3) is 5.78 Å². The van der Waals surface area contributed by atoms with Crippen LogP contribution in [0.1, 0.15) is 35.2 Å². The molecular formula is C30H24FN3O5S2. The Bertz CT molecular complexity index is 1690. The molecule has 11 heteroatoms. The third-order valence-electron chi connectivity index (χ3n) is 6.96. The number of amides is 1. The first-order valence-electron chi connectivity index (χ1n) is 12.8. The summed E-state index contributed by atoms with van der Waals surface area (Å²) >= 11 is 2.40. The fourth-order valence-electron chi connectivity index (χ4n) is 4.97. The molecule has 1 fully saturated rings. The second kappa shape index (κ2) is 11.0. The molecule has 2 aliphatic heterocycles. The third-order valence-corrected chi connectivity index (χ3v) is 9.06. The molecule has 3 aromatic carbocycles. The number of benzene rings is 3. The Balaban J connectivity index is 1.39. The number of Topliss-reactive ketones (excluding diaryl/α,β-unsaturated/α-hetero) is 1. The molecule has 1 amide bonds. The minimum Gasteiger partial charge on any atom is -0.507 e. The first kappa shape index (κ1) is 27.0. The second-order valence-electron chi connectivity index (χ2n) is 9.63. The Kier molecular flexibility index (Phi) is 7.22. The van der Waals surface area contributed by atoms with Crippen LogP contribution in [0, 0.1) is 5.82 Å². The maximum atomic E-state index is 14.1. The second-order valence-corrected chi connectivity index (χ2v) is 11.8. The lowest BCUT2D eigenvalue weighted by Crippen LogP contribution is -2.29. The number of anilines is 1. The van der Waals surface area contributed by atoms with Crippen LogP contribution in [0.2, 0.25) is 0 Å². The van der Waals surface area contributed by atoms with Gasteiger partial charge in [0, 0.05) is 17.7 Å². The van der Waals surface area contributed by atoms with Gasteiger partial charge in [-0.3, -0.25) is 14.5 Å². The smallest absolute Gasteiger partial charge is 0.301 e. The van der Waals surface area contributed by atoms with Gasteiger partial charge in [-0.15, -0.1) is 10.2 Å². The number of carbonyl (C=O) groups is 2. The SMILES string of the molecule is COc1ccc([C@@H]2C(=C(O)c3ccc4c(c3)C[C@@H](C)O4)C(=O)C(=O)N2c2nnc(SCc3ccccc3F)s2)cc1. The number of ketones is 1. The number of rotatable bonds is 7. The molecule has 3 heterocycles. The van der Waals surface area contributed by atoms with Gasteiger partial charge in [-0.2, -0.15) is 0 Å². The maximum absolute atomic E-state index is 14.1. The minimum atomic E-state index is -0.957. The summed E-state index contributed by atoms with van der Waals surface area (Å²) in [4.78, 5) is 28.3. The number of fused-ring (bicyclic) bond motifs is 1. The number of aromatic nitrogens is 2. The van der Waals surface area contributed by atoms with Gasteiger partial charge in [-0.25, -0.2) is 4.39 Å². The number of aliphatic hydroxyl groups is 1. The average Bonchev–Trinajstić information content (AvgIpc) is 3.67. The van der Waals surface area contributed by atoms with Crippen LogP contribution in [0.5, 0.6) is 11.5 Å². The summed E-state index contributed by atoms with van der Waals surface area (Å²) in [5, 5.41) is 20.1. The van der Waals surface area contributed by atoms with E-state index in [4.69, 9.17) is 9.47 Å². The standard InChI is InChI=1S/C30H24FN3O5S2/c1-16-13-20-14-18(9-12-23(20)39-16)26(35)24-25(17-7-10-21(38-2)11-8-17)34(28(37)27(24)36)29-32-33-30(41-29)40-15-19-5-3-4-6-22(19)31/h3-12,14,16,25,35H,13,15H2,1-2H3/t16-,25-/m1/s1. The summed E-state index contributed by atoms with van der Waals surface area (Å²) in [5.41, 5.74) is 2.37. The molecule has 0 spiro atoms. The van der Waals surface area contributed by atoms with Crippen molar-refractivity contribution in [3.05, 3.63) is 100 Å². The van der Waals surface area contributed by atoms with Gasteiger partial charge in [0.2, 0.25) is 5.13 Å². The Morgan fingerprint density at radius 1 is 1.15 bits per heavy atom. The van der Waals surface area contributed by atoms with Crippen LogP contribution in [0.25, 0.3) is 5.76 Å². The molecule has 1 aromatic heterocycles. The molecule has 2 aliphatic rings. The van der Waals surface area contributed by atoms with Crippen molar-refractivity contribution in [1.29, 1.82) is 0 Å². The average molecular weight is 590 g/mol.